The number of nitrogens with zero attached hydrogens (tertiary/aromatic N) is 5. The van der Waals surface area contributed by atoms with Gasteiger partial charge >= 0.3 is 0 Å². The monoisotopic (exact) mass is 574 g/mol. The first kappa shape index (κ1) is 26.9. The number of ether oxygens (including phenoxy) is 1. The maximum Gasteiger partial charge on any atom is 0.283 e. The lowest BCUT2D eigenvalue weighted by Gasteiger charge is -2.35. The zero-order valence-electron chi connectivity index (χ0n) is 23.5. The number of amides is 1. The molecule has 4 aromatic rings. The van der Waals surface area contributed by atoms with Crippen molar-refractivity contribution in [2.75, 3.05) is 32.8 Å². The van der Waals surface area contributed by atoms with Gasteiger partial charge in [0.2, 0.25) is 0 Å². The molecule has 1 aromatic carbocycles. The number of carbonyl (C=O) groups excluding carboxylic acids is 1. The molecule has 2 saturated heterocycles. The van der Waals surface area contributed by atoms with E-state index in [4.69, 9.17) is 9.72 Å². The second-order valence-corrected chi connectivity index (χ2v) is 11.7. The van der Waals surface area contributed by atoms with Gasteiger partial charge in [0.25, 0.3) is 11.5 Å². The predicted molar refractivity (Wildman–Crippen MR) is 153 cm³/mol. The van der Waals surface area contributed by atoms with Crippen LogP contribution in [-0.4, -0.2) is 80.3 Å². The molecule has 42 heavy (non-hydrogen) atoms. The third-order valence-corrected chi connectivity index (χ3v) is 8.55. The first-order chi connectivity index (χ1) is 20.2. The number of morpholine rings is 1. The van der Waals surface area contributed by atoms with Crippen LogP contribution in [0.25, 0.3) is 28.0 Å². The van der Waals surface area contributed by atoms with E-state index in [0.717, 1.165) is 37.3 Å². The van der Waals surface area contributed by atoms with E-state index in [2.05, 4.69) is 28.7 Å². The average Bonchev–Trinajstić information content (AvgIpc) is 3.73. The first-order valence-electron chi connectivity index (χ1n) is 14.5. The van der Waals surface area contributed by atoms with Crippen LogP contribution in [0.4, 0.5) is 8.78 Å². The zero-order valence-corrected chi connectivity index (χ0v) is 23.5. The number of aromatic amines is 1. The van der Waals surface area contributed by atoms with Gasteiger partial charge in [-0.3, -0.25) is 14.5 Å². The first-order valence-corrected chi connectivity index (χ1v) is 14.5. The van der Waals surface area contributed by atoms with Crippen molar-refractivity contribution in [1.82, 2.24) is 29.3 Å². The second kappa shape index (κ2) is 10.4. The number of nitrogens with one attached hydrogen (secondary N) is 1. The third-order valence-electron chi connectivity index (χ3n) is 8.55. The molecular weight excluding hydrogens is 542 g/mol. The normalized spacial score (nSPS) is 20.6. The number of likely N-dealkylation sites (tertiary alicyclic amines) is 1. The van der Waals surface area contributed by atoms with Crippen LogP contribution < -0.4 is 5.56 Å². The molecule has 0 bridgehead atoms. The van der Waals surface area contributed by atoms with Gasteiger partial charge in [-0.1, -0.05) is 6.07 Å². The third kappa shape index (κ3) is 4.90. The van der Waals surface area contributed by atoms with Crippen molar-refractivity contribution in [2.24, 2.45) is 0 Å². The standard InChI is InChI=1S/C31H32F2N6O3/c1-17-13-37(7-8-42-17)18(2)25-12-27-29(36-25)31(41)39(16-34-27)28-10-20(9-26(35-28)19-3-4-19)23-6-5-21(32)11-24(23)30(40)38-14-22(33)15-38/h5-6,9-12,16-19,22,36H,3-4,7-8,13-15H2,1-2H3. The molecular formula is C31H32F2N6O3. The van der Waals surface area contributed by atoms with Gasteiger partial charge in [0.1, 0.15) is 29.7 Å². The fourth-order valence-electron chi connectivity index (χ4n) is 5.91. The number of hydrogen-bond donors (Lipinski definition) is 1. The maximum atomic E-state index is 14.3. The molecule has 2 atom stereocenters. The topological polar surface area (TPSA) is 96.4 Å². The van der Waals surface area contributed by atoms with Gasteiger partial charge in [0.15, 0.2) is 0 Å². The number of carbonyl (C=O) groups is 1. The van der Waals surface area contributed by atoms with Gasteiger partial charge in [-0.05, 0) is 68.1 Å². The number of rotatable bonds is 6. The van der Waals surface area contributed by atoms with Crippen molar-refractivity contribution < 1.29 is 18.3 Å². The summed E-state index contributed by atoms with van der Waals surface area (Å²) in [6, 6.07) is 9.63. The highest BCUT2D eigenvalue weighted by molar-refractivity contribution is 6.01. The van der Waals surface area contributed by atoms with Crippen LogP contribution in [-0.2, 0) is 4.74 Å². The number of pyridine rings is 1. The van der Waals surface area contributed by atoms with Crippen LogP contribution >= 0.6 is 0 Å². The number of H-pyrrole nitrogens is 1. The molecule has 3 aromatic heterocycles. The molecule has 5 heterocycles. The van der Waals surface area contributed by atoms with E-state index in [-0.39, 0.29) is 42.3 Å². The van der Waals surface area contributed by atoms with E-state index in [1.165, 1.54) is 27.9 Å². The summed E-state index contributed by atoms with van der Waals surface area (Å²) < 4.78 is 34.9. The summed E-state index contributed by atoms with van der Waals surface area (Å²) in [4.78, 5) is 43.4. The largest absolute Gasteiger partial charge is 0.376 e. The molecule has 3 aliphatic rings. The van der Waals surface area contributed by atoms with Crippen LogP contribution in [0.5, 0.6) is 0 Å². The highest BCUT2D eigenvalue weighted by Gasteiger charge is 2.33. The van der Waals surface area contributed by atoms with E-state index in [9.17, 15) is 18.4 Å². The quantitative estimate of drug-likeness (QED) is 0.368. The maximum absolute atomic E-state index is 14.3. The van der Waals surface area contributed by atoms with Crippen LogP contribution in [0, 0.1) is 5.82 Å². The summed E-state index contributed by atoms with van der Waals surface area (Å²) in [6.07, 6.45) is 2.50. The summed E-state index contributed by atoms with van der Waals surface area (Å²) in [5.41, 5.74) is 3.67. The van der Waals surface area contributed by atoms with Crippen molar-refractivity contribution in [2.45, 2.75) is 50.9 Å². The summed E-state index contributed by atoms with van der Waals surface area (Å²) in [5.74, 6) is -0.360. The number of hydrogen-bond acceptors (Lipinski definition) is 6. The van der Waals surface area contributed by atoms with Crippen LogP contribution in [0.3, 0.4) is 0 Å². The van der Waals surface area contributed by atoms with Gasteiger partial charge in [-0.2, -0.15) is 0 Å². The van der Waals surface area contributed by atoms with Gasteiger partial charge in [-0.15, -0.1) is 0 Å². The highest BCUT2D eigenvalue weighted by Crippen LogP contribution is 2.41. The Morgan fingerprint density at radius 3 is 2.69 bits per heavy atom. The SMILES string of the molecule is CC1CN(C(C)c2cc3ncn(-c4cc(-c5ccc(F)cc5C(=O)N5CC(F)C5)cc(C5CC5)n4)c(=O)c3[nH]2)CCO1. The Labute approximate surface area is 241 Å². The minimum atomic E-state index is -1.07. The lowest BCUT2D eigenvalue weighted by molar-refractivity contribution is -0.0324. The number of fused-ring (bicyclic) bond motifs is 1. The zero-order chi connectivity index (χ0) is 29.1. The average molecular weight is 575 g/mol. The molecule has 0 spiro atoms. The van der Waals surface area contributed by atoms with Crippen LogP contribution in [0.15, 0.2) is 47.5 Å². The molecule has 1 N–H and O–H groups in total. The second-order valence-electron chi connectivity index (χ2n) is 11.7. The van der Waals surface area contributed by atoms with Gasteiger partial charge in [0.05, 0.1) is 36.9 Å². The lowest BCUT2D eigenvalue weighted by atomic mass is 9.97. The summed E-state index contributed by atoms with van der Waals surface area (Å²) in [7, 11) is 0. The number of aromatic nitrogens is 4. The molecule has 0 radical (unpaired) electrons. The Morgan fingerprint density at radius 2 is 1.95 bits per heavy atom. The molecule has 9 nitrogen and oxygen atoms in total. The Morgan fingerprint density at radius 1 is 1.14 bits per heavy atom. The molecule has 11 heteroatoms. The fraction of sp³-hybridized carbons (Fsp3) is 0.419. The van der Waals surface area contributed by atoms with E-state index < -0.39 is 17.9 Å². The summed E-state index contributed by atoms with van der Waals surface area (Å²) >= 11 is 0. The van der Waals surface area contributed by atoms with Gasteiger partial charge in [-0.25, -0.2) is 23.3 Å². The molecule has 3 fully saturated rings. The summed E-state index contributed by atoms with van der Waals surface area (Å²) in [6.45, 7) is 6.41. The van der Waals surface area contributed by atoms with Crippen molar-refractivity contribution in [3.63, 3.8) is 0 Å². The molecule has 1 saturated carbocycles. The van der Waals surface area contributed by atoms with E-state index >= 15 is 0 Å². The highest BCUT2D eigenvalue weighted by atomic mass is 19.1. The van der Waals surface area contributed by atoms with Crippen molar-refractivity contribution in [3.8, 4) is 16.9 Å². The smallest absolute Gasteiger partial charge is 0.283 e. The minimum Gasteiger partial charge on any atom is -0.376 e. The van der Waals surface area contributed by atoms with Crippen molar-refractivity contribution in [1.29, 1.82) is 0 Å². The Balaban J connectivity index is 1.29. The number of benzene rings is 1. The molecule has 2 aliphatic heterocycles. The number of halogens is 2. The van der Waals surface area contributed by atoms with E-state index in [1.807, 2.05) is 12.1 Å². The minimum absolute atomic E-state index is 0.00784. The van der Waals surface area contributed by atoms with Gasteiger partial charge < -0.3 is 14.6 Å². The van der Waals surface area contributed by atoms with Crippen LogP contribution in [0.2, 0.25) is 0 Å². The Bertz CT molecular complexity index is 1740. The lowest BCUT2D eigenvalue weighted by Crippen LogP contribution is -2.51. The van der Waals surface area contributed by atoms with Gasteiger partial charge in [0, 0.05) is 36.4 Å². The molecule has 1 aliphatic carbocycles. The van der Waals surface area contributed by atoms with Crippen molar-refractivity contribution >= 4 is 16.9 Å². The predicted octanol–water partition coefficient (Wildman–Crippen LogP) is 4.37. The fourth-order valence-corrected chi connectivity index (χ4v) is 5.91. The summed E-state index contributed by atoms with van der Waals surface area (Å²) in [5, 5.41) is 0. The molecule has 2 unspecified atom stereocenters. The number of alkyl halides is 1. The Kier molecular flexibility index (Phi) is 6.66. The van der Waals surface area contributed by atoms with E-state index in [1.54, 1.807) is 12.1 Å². The van der Waals surface area contributed by atoms with Crippen LogP contribution in [0.1, 0.15) is 60.4 Å². The Hall–Kier alpha value is -3.96. The molecule has 7 rings (SSSR count). The van der Waals surface area contributed by atoms with Crippen molar-refractivity contribution in [3.05, 3.63) is 75.8 Å². The van der Waals surface area contributed by atoms with E-state index in [0.29, 0.717) is 34.6 Å². The molecule has 218 valence electrons. The molecule has 1 amide bonds.